The predicted molar refractivity (Wildman–Crippen MR) is 110 cm³/mol. The van der Waals surface area contributed by atoms with Gasteiger partial charge in [-0.25, -0.2) is 0 Å². The van der Waals surface area contributed by atoms with E-state index in [0.29, 0.717) is 17.1 Å². The van der Waals surface area contributed by atoms with Gasteiger partial charge in [0.15, 0.2) is 0 Å². The first-order valence-corrected chi connectivity index (χ1v) is 9.22. The number of anilines is 1. The van der Waals surface area contributed by atoms with Crippen molar-refractivity contribution in [2.75, 3.05) is 18.5 Å². The van der Waals surface area contributed by atoms with E-state index < -0.39 is 0 Å². The van der Waals surface area contributed by atoms with Crippen molar-refractivity contribution in [1.82, 2.24) is 10.3 Å². The van der Waals surface area contributed by atoms with Gasteiger partial charge in [0, 0.05) is 31.4 Å². The Bertz CT molecular complexity index is 899. The number of hydrogen-bond acceptors (Lipinski definition) is 3. The number of halogens is 1. The molecule has 27 heavy (non-hydrogen) atoms. The highest BCUT2D eigenvalue weighted by molar-refractivity contribution is 6.30. The van der Waals surface area contributed by atoms with Crippen LogP contribution >= 0.6 is 11.6 Å². The van der Waals surface area contributed by atoms with Gasteiger partial charge in [-0.05, 0) is 35.7 Å². The van der Waals surface area contributed by atoms with E-state index in [4.69, 9.17) is 11.6 Å². The summed E-state index contributed by atoms with van der Waals surface area (Å²) in [7, 11) is 1.99. The summed E-state index contributed by atoms with van der Waals surface area (Å²) in [5.74, 6) is -0.125. The van der Waals surface area contributed by atoms with Gasteiger partial charge in [0.2, 0.25) is 0 Å². The number of amides is 1. The van der Waals surface area contributed by atoms with Crippen LogP contribution in [0.3, 0.4) is 0 Å². The summed E-state index contributed by atoms with van der Waals surface area (Å²) in [4.78, 5) is 18.7. The van der Waals surface area contributed by atoms with Crippen molar-refractivity contribution >= 4 is 23.2 Å². The fraction of sp³-hybridized carbons (Fsp3) is 0.182. The lowest BCUT2D eigenvalue weighted by molar-refractivity contribution is 0.0954. The maximum atomic E-state index is 12.4. The molecule has 1 heterocycles. The molecule has 0 aliphatic heterocycles. The molecule has 2 aromatic carbocycles. The minimum atomic E-state index is -0.125. The van der Waals surface area contributed by atoms with E-state index in [0.717, 1.165) is 24.2 Å². The molecule has 1 N–H and O–H groups in total. The second kappa shape index (κ2) is 9.19. The summed E-state index contributed by atoms with van der Waals surface area (Å²) in [6.45, 7) is 1.30. The van der Waals surface area contributed by atoms with Gasteiger partial charge in [-0.1, -0.05) is 54.1 Å². The number of pyridine rings is 1. The third kappa shape index (κ3) is 5.56. The highest BCUT2D eigenvalue weighted by Gasteiger charge is 2.09. The summed E-state index contributed by atoms with van der Waals surface area (Å²) in [5, 5.41) is 3.65. The summed E-state index contributed by atoms with van der Waals surface area (Å²) in [5.41, 5.74) is 3.76. The topological polar surface area (TPSA) is 45.2 Å². The lowest BCUT2D eigenvalue weighted by Gasteiger charge is -2.19. The molecule has 1 aromatic heterocycles. The molecule has 0 spiro atoms. The fourth-order valence-electron chi connectivity index (χ4n) is 2.82. The highest BCUT2D eigenvalue weighted by atomic mass is 35.5. The second-order valence-corrected chi connectivity index (χ2v) is 6.85. The molecule has 0 atom stereocenters. The molecular formula is C22H22ClN3O. The molecule has 0 unspecified atom stereocenters. The van der Waals surface area contributed by atoms with Crippen molar-refractivity contribution in [3.63, 3.8) is 0 Å². The summed E-state index contributed by atoms with van der Waals surface area (Å²) in [6.07, 6.45) is 4.09. The molecule has 138 valence electrons. The number of nitrogens with one attached hydrogen (secondary N) is 1. The number of hydrogen-bond donors (Lipinski definition) is 1. The van der Waals surface area contributed by atoms with Crippen molar-refractivity contribution in [2.45, 2.75) is 13.0 Å². The molecule has 0 radical (unpaired) electrons. The zero-order valence-corrected chi connectivity index (χ0v) is 16.0. The van der Waals surface area contributed by atoms with Gasteiger partial charge in [-0.2, -0.15) is 0 Å². The van der Waals surface area contributed by atoms with Gasteiger partial charge in [0.1, 0.15) is 0 Å². The summed E-state index contributed by atoms with van der Waals surface area (Å²) >= 11 is 5.99. The van der Waals surface area contributed by atoms with E-state index in [-0.39, 0.29) is 5.91 Å². The Kier molecular flexibility index (Phi) is 6.44. The van der Waals surface area contributed by atoms with E-state index in [2.05, 4.69) is 27.3 Å². The smallest absolute Gasteiger partial charge is 0.252 e. The Morgan fingerprint density at radius 1 is 1.04 bits per heavy atom. The number of carbonyl (C=O) groups excluding carboxylic acids is 1. The first kappa shape index (κ1) is 18.9. The van der Waals surface area contributed by atoms with Gasteiger partial charge >= 0.3 is 0 Å². The molecule has 4 nitrogen and oxygen atoms in total. The minimum absolute atomic E-state index is 0.125. The first-order chi connectivity index (χ1) is 13.1. The Hall–Kier alpha value is -2.85. The predicted octanol–water partition coefficient (Wildman–Crippen LogP) is 4.34. The molecule has 0 aliphatic carbocycles. The van der Waals surface area contributed by atoms with Crippen LogP contribution in [0.4, 0.5) is 5.69 Å². The van der Waals surface area contributed by atoms with Crippen LogP contribution in [-0.2, 0) is 13.0 Å². The van der Waals surface area contributed by atoms with Gasteiger partial charge in [-0.3, -0.25) is 9.78 Å². The van der Waals surface area contributed by atoms with Crippen molar-refractivity contribution in [2.24, 2.45) is 0 Å². The average Bonchev–Trinajstić information content (AvgIpc) is 2.69. The number of benzene rings is 2. The number of nitrogens with zero attached hydrogens (tertiary/aromatic N) is 2. The second-order valence-electron chi connectivity index (χ2n) is 6.41. The van der Waals surface area contributed by atoms with Crippen LogP contribution in [0.25, 0.3) is 0 Å². The Balaban J connectivity index is 1.58. The zero-order chi connectivity index (χ0) is 19.1. The monoisotopic (exact) mass is 379 g/mol. The van der Waals surface area contributed by atoms with E-state index >= 15 is 0 Å². The van der Waals surface area contributed by atoms with Crippen LogP contribution in [0.15, 0.2) is 73.1 Å². The first-order valence-electron chi connectivity index (χ1n) is 8.84. The third-order valence-electron chi connectivity index (χ3n) is 4.28. The lowest BCUT2D eigenvalue weighted by atomic mass is 10.1. The van der Waals surface area contributed by atoms with Crippen LogP contribution in [0.5, 0.6) is 0 Å². The van der Waals surface area contributed by atoms with Crippen LogP contribution in [0, 0.1) is 0 Å². The van der Waals surface area contributed by atoms with E-state index in [1.165, 1.54) is 5.56 Å². The summed E-state index contributed by atoms with van der Waals surface area (Å²) in [6, 6.07) is 19.7. The maximum absolute atomic E-state index is 12.4. The molecule has 0 saturated heterocycles. The Labute approximate surface area is 164 Å². The average molecular weight is 380 g/mol. The van der Waals surface area contributed by atoms with Crippen molar-refractivity contribution < 1.29 is 4.79 Å². The van der Waals surface area contributed by atoms with Crippen LogP contribution in [0.1, 0.15) is 21.5 Å². The maximum Gasteiger partial charge on any atom is 0.252 e. The SMILES string of the molecule is CN(Cc1ccccc1)c1cncc(C(=O)NCCc2cccc(Cl)c2)c1. The standard InChI is InChI=1S/C22H22ClN3O/c1-26(16-18-6-3-2-4-7-18)21-13-19(14-24-15-21)22(27)25-11-10-17-8-5-9-20(23)12-17/h2-9,12-15H,10-11,16H2,1H3,(H,25,27). The molecule has 1 amide bonds. The lowest BCUT2D eigenvalue weighted by Crippen LogP contribution is -2.26. The molecule has 3 aromatic rings. The minimum Gasteiger partial charge on any atom is -0.369 e. The van der Waals surface area contributed by atoms with Crippen molar-refractivity contribution in [1.29, 1.82) is 0 Å². The zero-order valence-electron chi connectivity index (χ0n) is 15.2. The van der Waals surface area contributed by atoms with Gasteiger partial charge in [0.05, 0.1) is 17.4 Å². The number of rotatable bonds is 7. The number of aromatic nitrogens is 1. The molecular weight excluding hydrogens is 358 g/mol. The summed E-state index contributed by atoms with van der Waals surface area (Å²) < 4.78 is 0. The van der Waals surface area contributed by atoms with Gasteiger partial charge in [-0.15, -0.1) is 0 Å². The van der Waals surface area contributed by atoms with Gasteiger partial charge < -0.3 is 10.2 Å². The largest absolute Gasteiger partial charge is 0.369 e. The fourth-order valence-corrected chi connectivity index (χ4v) is 3.04. The van der Waals surface area contributed by atoms with Crippen LogP contribution in [0.2, 0.25) is 5.02 Å². The van der Waals surface area contributed by atoms with Crippen LogP contribution < -0.4 is 10.2 Å². The van der Waals surface area contributed by atoms with Crippen molar-refractivity contribution in [3.05, 3.63) is 94.8 Å². The molecule has 0 saturated carbocycles. The quantitative estimate of drug-likeness (QED) is 0.664. The van der Waals surface area contributed by atoms with Crippen molar-refractivity contribution in [3.8, 4) is 0 Å². The molecule has 5 heteroatoms. The molecule has 0 bridgehead atoms. The van der Waals surface area contributed by atoms with Crippen LogP contribution in [-0.4, -0.2) is 24.5 Å². The van der Waals surface area contributed by atoms with E-state index in [9.17, 15) is 4.79 Å². The normalized spacial score (nSPS) is 10.4. The number of carbonyl (C=O) groups is 1. The highest BCUT2D eigenvalue weighted by Crippen LogP contribution is 2.16. The van der Waals surface area contributed by atoms with E-state index in [1.54, 1.807) is 12.4 Å². The Morgan fingerprint density at radius 3 is 2.59 bits per heavy atom. The molecule has 3 rings (SSSR count). The van der Waals surface area contributed by atoms with Gasteiger partial charge in [0.25, 0.3) is 5.91 Å². The molecule has 0 fully saturated rings. The van der Waals surface area contributed by atoms with E-state index in [1.807, 2.05) is 55.6 Å². The molecule has 0 aliphatic rings. The Morgan fingerprint density at radius 2 is 1.81 bits per heavy atom. The third-order valence-corrected chi connectivity index (χ3v) is 4.51.